The van der Waals surface area contributed by atoms with Crippen LogP contribution in [-0.2, 0) is 0 Å². The van der Waals surface area contributed by atoms with Crippen LogP contribution in [0.4, 0.5) is 5.69 Å². The van der Waals surface area contributed by atoms with Crippen molar-refractivity contribution in [3.05, 3.63) is 108 Å². The zero-order valence-electron chi connectivity index (χ0n) is 20.6. The third-order valence-electron chi connectivity index (χ3n) is 5.65. The molecule has 1 aromatic heterocycles. The van der Waals surface area contributed by atoms with Gasteiger partial charge in [0.15, 0.2) is 5.11 Å². The van der Waals surface area contributed by atoms with Gasteiger partial charge in [-0.15, -0.1) is 11.3 Å². The number of benzene rings is 4. The Morgan fingerprint density at radius 2 is 1.63 bits per heavy atom. The van der Waals surface area contributed by atoms with E-state index in [2.05, 4.69) is 29.7 Å². The molecule has 8 heteroatoms. The van der Waals surface area contributed by atoms with Crippen LogP contribution in [0, 0.1) is 6.92 Å². The van der Waals surface area contributed by atoms with Crippen molar-refractivity contribution in [2.24, 2.45) is 0 Å². The molecular formula is C30H25N3O3S2. The number of nitrogens with zero attached hydrogens (tertiary/aromatic N) is 1. The van der Waals surface area contributed by atoms with Crippen LogP contribution in [0.15, 0.2) is 97.1 Å². The summed E-state index contributed by atoms with van der Waals surface area (Å²) in [5.74, 6) is 0.866. The van der Waals surface area contributed by atoms with Crippen molar-refractivity contribution in [3.63, 3.8) is 0 Å². The molecule has 2 N–H and O–H groups in total. The first kappa shape index (κ1) is 25.4. The summed E-state index contributed by atoms with van der Waals surface area (Å²) >= 11 is 7.05. The Bertz CT molecular complexity index is 1570. The molecule has 38 heavy (non-hydrogen) atoms. The topological polar surface area (TPSA) is 72.5 Å². The van der Waals surface area contributed by atoms with E-state index >= 15 is 0 Å². The molecule has 0 saturated heterocycles. The summed E-state index contributed by atoms with van der Waals surface area (Å²) in [6.45, 7) is 2.73. The number of carbonyl (C=O) groups excluding carboxylic acids is 1. The standard InChI is InChI=1S/C30H25N3O3S2/c1-20-11-16-25-27(19-20)38-29(32-25)21-12-14-22(15-13-21)31-30(37)33-28(34)24-9-5-6-10-26(24)36-18-17-35-23-7-3-2-4-8-23/h2-16,19H,17-18H2,1H3,(H2,31,33,34,37). The lowest BCUT2D eigenvalue weighted by atomic mass is 10.2. The lowest BCUT2D eigenvalue weighted by molar-refractivity contribution is 0.0972. The molecule has 4 aromatic carbocycles. The average Bonchev–Trinajstić information content (AvgIpc) is 3.35. The van der Waals surface area contributed by atoms with E-state index in [9.17, 15) is 4.79 Å². The van der Waals surface area contributed by atoms with Crippen LogP contribution in [0.3, 0.4) is 0 Å². The molecule has 0 bridgehead atoms. The number of amides is 1. The predicted octanol–water partition coefficient (Wildman–Crippen LogP) is 6.86. The highest BCUT2D eigenvalue weighted by Crippen LogP contribution is 2.31. The zero-order valence-corrected chi connectivity index (χ0v) is 22.3. The largest absolute Gasteiger partial charge is 0.490 e. The van der Waals surface area contributed by atoms with Crippen LogP contribution in [0.2, 0.25) is 0 Å². The number of nitrogens with one attached hydrogen (secondary N) is 2. The normalized spacial score (nSPS) is 10.7. The molecule has 0 unspecified atom stereocenters. The number of hydrogen-bond donors (Lipinski definition) is 2. The molecule has 190 valence electrons. The lowest BCUT2D eigenvalue weighted by Crippen LogP contribution is -2.34. The van der Waals surface area contributed by atoms with Crippen LogP contribution in [0.5, 0.6) is 11.5 Å². The van der Waals surface area contributed by atoms with Crippen molar-refractivity contribution in [1.82, 2.24) is 10.3 Å². The zero-order chi connectivity index (χ0) is 26.3. The van der Waals surface area contributed by atoms with Crippen LogP contribution in [-0.4, -0.2) is 29.2 Å². The van der Waals surface area contributed by atoms with Gasteiger partial charge in [-0.1, -0.05) is 36.4 Å². The molecule has 0 atom stereocenters. The number of fused-ring (bicyclic) bond motifs is 1. The van der Waals surface area contributed by atoms with Gasteiger partial charge in [-0.2, -0.15) is 0 Å². The Balaban J connectivity index is 1.16. The number of rotatable bonds is 8. The number of thiazole rings is 1. The number of ether oxygens (including phenoxy) is 2. The molecule has 6 nitrogen and oxygen atoms in total. The minimum Gasteiger partial charge on any atom is -0.490 e. The van der Waals surface area contributed by atoms with Gasteiger partial charge in [0.1, 0.15) is 29.7 Å². The highest BCUT2D eigenvalue weighted by molar-refractivity contribution is 7.80. The number of hydrogen-bond acceptors (Lipinski definition) is 6. The molecule has 1 amide bonds. The summed E-state index contributed by atoms with van der Waals surface area (Å²) in [6, 6.07) is 30.6. The van der Waals surface area contributed by atoms with Crippen molar-refractivity contribution in [2.75, 3.05) is 18.5 Å². The third-order valence-corrected chi connectivity index (χ3v) is 6.92. The molecule has 0 aliphatic rings. The maximum atomic E-state index is 12.9. The van der Waals surface area contributed by atoms with Crippen molar-refractivity contribution in [2.45, 2.75) is 6.92 Å². The second kappa shape index (κ2) is 11.9. The summed E-state index contributed by atoms with van der Waals surface area (Å²) < 4.78 is 12.6. The Kier molecular flexibility index (Phi) is 7.92. The summed E-state index contributed by atoms with van der Waals surface area (Å²) in [5.41, 5.74) is 4.38. The number of aryl methyl sites for hydroxylation is 1. The maximum absolute atomic E-state index is 12.9. The van der Waals surface area contributed by atoms with Crippen LogP contribution in [0.1, 0.15) is 15.9 Å². The molecule has 0 aliphatic heterocycles. The van der Waals surface area contributed by atoms with Crippen molar-refractivity contribution >= 4 is 50.5 Å². The monoisotopic (exact) mass is 539 g/mol. The van der Waals surface area contributed by atoms with Gasteiger partial charge < -0.3 is 14.8 Å². The summed E-state index contributed by atoms with van der Waals surface area (Å²) in [5, 5.41) is 6.95. The molecule has 0 fully saturated rings. The first-order chi connectivity index (χ1) is 18.5. The Morgan fingerprint density at radius 1 is 0.895 bits per heavy atom. The Labute approximate surface area is 230 Å². The van der Waals surface area contributed by atoms with Crippen molar-refractivity contribution in [3.8, 4) is 22.1 Å². The van der Waals surface area contributed by atoms with E-state index < -0.39 is 0 Å². The summed E-state index contributed by atoms with van der Waals surface area (Å²) in [4.78, 5) is 17.6. The van der Waals surface area contributed by atoms with E-state index in [0.29, 0.717) is 24.5 Å². The highest BCUT2D eigenvalue weighted by atomic mass is 32.1. The molecule has 0 aliphatic carbocycles. The van der Waals surface area contributed by atoms with Gasteiger partial charge in [0, 0.05) is 11.3 Å². The summed E-state index contributed by atoms with van der Waals surface area (Å²) in [7, 11) is 0. The maximum Gasteiger partial charge on any atom is 0.261 e. The van der Waals surface area contributed by atoms with E-state index in [1.54, 1.807) is 29.5 Å². The van der Waals surface area contributed by atoms with Gasteiger partial charge >= 0.3 is 0 Å². The fraction of sp³-hybridized carbons (Fsp3) is 0.100. The molecule has 0 spiro atoms. The minimum absolute atomic E-state index is 0.195. The first-order valence-corrected chi connectivity index (χ1v) is 13.3. The Morgan fingerprint density at radius 3 is 2.45 bits per heavy atom. The molecule has 5 rings (SSSR count). The fourth-order valence-electron chi connectivity index (χ4n) is 3.79. The van der Waals surface area contributed by atoms with Gasteiger partial charge in [0.2, 0.25) is 0 Å². The van der Waals surface area contributed by atoms with Gasteiger partial charge in [0.05, 0.1) is 15.8 Å². The van der Waals surface area contributed by atoms with Gasteiger partial charge in [-0.3, -0.25) is 10.1 Å². The van der Waals surface area contributed by atoms with Gasteiger partial charge in [-0.05, 0) is 85.4 Å². The van der Waals surface area contributed by atoms with E-state index in [4.69, 9.17) is 26.7 Å². The second-order valence-electron chi connectivity index (χ2n) is 8.48. The minimum atomic E-state index is -0.358. The number of anilines is 1. The molecule has 5 aromatic rings. The van der Waals surface area contributed by atoms with Crippen LogP contribution in [0.25, 0.3) is 20.8 Å². The van der Waals surface area contributed by atoms with E-state index in [1.165, 1.54) is 10.3 Å². The smallest absolute Gasteiger partial charge is 0.261 e. The first-order valence-electron chi connectivity index (χ1n) is 12.0. The van der Waals surface area contributed by atoms with E-state index in [1.807, 2.05) is 66.7 Å². The molecule has 0 radical (unpaired) electrons. The third kappa shape index (κ3) is 6.34. The summed E-state index contributed by atoms with van der Waals surface area (Å²) in [6.07, 6.45) is 0. The lowest BCUT2D eigenvalue weighted by Gasteiger charge is -2.13. The molecule has 0 saturated carbocycles. The Hall–Kier alpha value is -4.27. The SMILES string of the molecule is Cc1ccc2nc(-c3ccc(NC(=S)NC(=O)c4ccccc4OCCOc4ccccc4)cc3)sc2c1. The second-order valence-corrected chi connectivity index (χ2v) is 9.92. The van der Waals surface area contributed by atoms with Gasteiger partial charge in [0.25, 0.3) is 5.91 Å². The molecule has 1 heterocycles. The van der Waals surface area contributed by atoms with Crippen molar-refractivity contribution < 1.29 is 14.3 Å². The predicted molar refractivity (Wildman–Crippen MR) is 157 cm³/mol. The highest BCUT2D eigenvalue weighted by Gasteiger charge is 2.14. The van der Waals surface area contributed by atoms with Crippen LogP contribution < -0.4 is 20.1 Å². The van der Waals surface area contributed by atoms with Crippen molar-refractivity contribution in [1.29, 1.82) is 0 Å². The number of aromatic nitrogens is 1. The van der Waals surface area contributed by atoms with E-state index in [-0.39, 0.29) is 11.0 Å². The van der Waals surface area contributed by atoms with E-state index in [0.717, 1.165) is 27.5 Å². The van der Waals surface area contributed by atoms with Gasteiger partial charge in [-0.25, -0.2) is 4.98 Å². The number of para-hydroxylation sites is 2. The fourth-order valence-corrected chi connectivity index (χ4v) is 5.07. The number of carbonyl (C=O) groups is 1. The number of thiocarbonyl (C=S) groups is 1. The molecular weight excluding hydrogens is 514 g/mol. The van der Waals surface area contributed by atoms with Crippen LogP contribution >= 0.6 is 23.6 Å². The quantitative estimate of drug-likeness (QED) is 0.166. The average molecular weight is 540 g/mol.